The van der Waals surface area contributed by atoms with Gasteiger partial charge in [-0.3, -0.25) is 4.99 Å². The minimum atomic E-state index is -0.0143. The first kappa shape index (κ1) is 12.1. The Morgan fingerprint density at radius 1 is 1.53 bits per heavy atom. The molecule has 0 aliphatic carbocycles. The second-order valence-corrected chi connectivity index (χ2v) is 4.07. The van der Waals surface area contributed by atoms with E-state index in [0.717, 1.165) is 5.56 Å². The highest BCUT2D eigenvalue weighted by Gasteiger charge is 1.98. The lowest BCUT2D eigenvalue weighted by Gasteiger charge is -2.07. The van der Waals surface area contributed by atoms with Crippen molar-refractivity contribution in [2.45, 2.75) is 19.6 Å². The molecule has 1 aromatic carbocycles. The normalized spacial score (nSPS) is 12.9. The molecule has 0 bridgehead atoms. The van der Waals surface area contributed by atoms with E-state index in [2.05, 4.69) is 27.5 Å². The minimum absolute atomic E-state index is 0.0143. The highest BCUT2D eigenvalue weighted by atomic mass is 79.9. The van der Waals surface area contributed by atoms with Crippen molar-refractivity contribution in [3.8, 4) is 0 Å². The van der Waals surface area contributed by atoms with Gasteiger partial charge in [-0.15, -0.1) is 0 Å². The van der Waals surface area contributed by atoms with E-state index in [1.54, 1.807) is 6.21 Å². The highest BCUT2D eigenvalue weighted by Crippen LogP contribution is 2.04. The van der Waals surface area contributed by atoms with Crippen LogP contribution in [-0.4, -0.2) is 12.3 Å². The summed E-state index contributed by atoms with van der Waals surface area (Å²) in [5, 5.41) is 0. The molecule has 0 N–H and O–H groups in total. The summed E-state index contributed by atoms with van der Waals surface area (Å²) in [5.74, 6) is 0. The molecule has 3 heteroatoms. The average Bonchev–Trinajstić information content (AvgIpc) is 2.25. The number of aliphatic imine (C=N–C) groups is 1. The van der Waals surface area contributed by atoms with Crippen molar-refractivity contribution in [3.63, 3.8) is 0 Å². The Balaban J connectivity index is 2.34. The first-order chi connectivity index (χ1) is 7.18. The van der Waals surface area contributed by atoms with Gasteiger partial charge in [-0.05, 0) is 28.4 Å². The quantitative estimate of drug-likeness (QED) is 0.591. The van der Waals surface area contributed by atoms with Crippen LogP contribution in [0.4, 0.5) is 0 Å². The zero-order chi connectivity index (χ0) is 11.1. The number of rotatable bonds is 5. The minimum Gasteiger partial charge on any atom is -0.368 e. The first-order valence-corrected chi connectivity index (χ1v) is 5.52. The molecule has 1 rings (SSSR count). The van der Waals surface area contributed by atoms with Crippen LogP contribution in [0.3, 0.4) is 0 Å². The van der Waals surface area contributed by atoms with Crippen LogP contribution in [-0.2, 0) is 11.3 Å². The van der Waals surface area contributed by atoms with Gasteiger partial charge in [0.05, 0.1) is 17.3 Å². The molecule has 2 nitrogen and oxygen atoms in total. The van der Waals surface area contributed by atoms with Gasteiger partial charge >= 0.3 is 0 Å². The predicted octanol–water partition coefficient (Wildman–Crippen LogP) is 3.53. The molecular weight excluding hydrogens is 254 g/mol. The van der Waals surface area contributed by atoms with Gasteiger partial charge in [0.1, 0.15) is 0 Å². The maximum Gasteiger partial charge on any atom is 0.0981 e. The summed E-state index contributed by atoms with van der Waals surface area (Å²) >= 11 is 3.15. The number of ether oxygens (including phenoxy) is 1. The summed E-state index contributed by atoms with van der Waals surface area (Å²) in [7, 11) is 0. The fraction of sp³-hybridized carbons (Fsp3) is 0.250. The maximum atomic E-state index is 5.57. The van der Waals surface area contributed by atoms with Gasteiger partial charge in [0.25, 0.3) is 0 Å². The van der Waals surface area contributed by atoms with E-state index in [1.165, 1.54) is 0 Å². The third-order valence-corrected chi connectivity index (χ3v) is 1.99. The van der Waals surface area contributed by atoms with Crippen LogP contribution < -0.4 is 0 Å². The summed E-state index contributed by atoms with van der Waals surface area (Å²) < 4.78 is 6.18. The number of benzene rings is 1. The largest absolute Gasteiger partial charge is 0.368 e. The van der Waals surface area contributed by atoms with Crippen LogP contribution in [0.2, 0.25) is 0 Å². The van der Waals surface area contributed by atoms with Gasteiger partial charge in [0.2, 0.25) is 0 Å². The molecule has 0 spiro atoms. The molecule has 0 saturated carbocycles. The van der Waals surface area contributed by atoms with Gasteiger partial charge < -0.3 is 4.74 Å². The van der Waals surface area contributed by atoms with Crippen molar-refractivity contribution in [1.29, 1.82) is 0 Å². The van der Waals surface area contributed by atoms with Crippen LogP contribution in [0.15, 0.2) is 46.5 Å². The van der Waals surface area contributed by atoms with E-state index < -0.39 is 0 Å². The second kappa shape index (κ2) is 6.53. The monoisotopic (exact) mass is 267 g/mol. The van der Waals surface area contributed by atoms with Gasteiger partial charge in [-0.2, -0.15) is 0 Å². The number of nitrogens with zero attached hydrogens (tertiary/aromatic N) is 1. The predicted molar refractivity (Wildman–Crippen MR) is 67.3 cm³/mol. The Labute approximate surface area is 98.8 Å². The SMILES string of the molecule is C=C(Br)N=CC(C)OCc1ccccc1. The van der Waals surface area contributed by atoms with Crippen molar-refractivity contribution in [2.24, 2.45) is 4.99 Å². The summed E-state index contributed by atoms with van der Waals surface area (Å²) in [6, 6.07) is 10.1. The molecule has 80 valence electrons. The van der Waals surface area contributed by atoms with Gasteiger partial charge in [-0.25, -0.2) is 0 Å². The number of halogens is 1. The lowest BCUT2D eigenvalue weighted by atomic mass is 10.2. The Hall–Kier alpha value is -0.930. The van der Waals surface area contributed by atoms with Crippen LogP contribution >= 0.6 is 15.9 Å². The van der Waals surface area contributed by atoms with Crippen molar-refractivity contribution in [3.05, 3.63) is 47.1 Å². The van der Waals surface area contributed by atoms with E-state index in [1.807, 2.05) is 37.3 Å². The fourth-order valence-electron chi connectivity index (χ4n) is 1.03. The van der Waals surface area contributed by atoms with E-state index in [0.29, 0.717) is 11.2 Å². The highest BCUT2D eigenvalue weighted by molar-refractivity contribution is 9.11. The molecule has 0 aliphatic rings. The zero-order valence-corrected chi connectivity index (χ0v) is 10.3. The standard InChI is InChI=1S/C12H14BrNO/c1-10(8-14-11(2)13)15-9-12-6-4-3-5-7-12/h3-8,10H,2,9H2,1H3. The number of hydrogen-bond donors (Lipinski definition) is 0. The van der Waals surface area contributed by atoms with Gasteiger partial charge in [0.15, 0.2) is 0 Å². The van der Waals surface area contributed by atoms with Gasteiger partial charge in [-0.1, -0.05) is 36.9 Å². The van der Waals surface area contributed by atoms with Crippen LogP contribution in [0, 0.1) is 0 Å². The Bertz CT molecular complexity index is 335. The smallest absolute Gasteiger partial charge is 0.0981 e. The van der Waals surface area contributed by atoms with Crippen LogP contribution in [0.1, 0.15) is 12.5 Å². The molecule has 0 aliphatic heterocycles. The third kappa shape index (κ3) is 5.50. The average molecular weight is 268 g/mol. The molecule has 0 amide bonds. The molecule has 1 aromatic rings. The molecular formula is C12H14BrNO. The molecule has 0 heterocycles. The van der Waals surface area contributed by atoms with E-state index in [4.69, 9.17) is 4.74 Å². The fourth-order valence-corrected chi connectivity index (χ4v) is 1.15. The summed E-state index contributed by atoms with van der Waals surface area (Å²) in [6.45, 7) is 6.16. The van der Waals surface area contributed by atoms with E-state index in [9.17, 15) is 0 Å². The Morgan fingerprint density at radius 2 is 2.20 bits per heavy atom. The maximum absolute atomic E-state index is 5.57. The lowest BCUT2D eigenvalue weighted by Crippen LogP contribution is -2.09. The topological polar surface area (TPSA) is 21.6 Å². The first-order valence-electron chi connectivity index (χ1n) is 4.72. The van der Waals surface area contributed by atoms with Gasteiger partial charge in [0, 0.05) is 6.21 Å². The molecule has 1 unspecified atom stereocenters. The molecule has 15 heavy (non-hydrogen) atoms. The summed E-state index contributed by atoms with van der Waals surface area (Å²) in [4.78, 5) is 4.01. The zero-order valence-electron chi connectivity index (χ0n) is 8.69. The third-order valence-electron chi connectivity index (χ3n) is 1.78. The lowest BCUT2D eigenvalue weighted by molar-refractivity contribution is 0.0991. The van der Waals surface area contributed by atoms with E-state index >= 15 is 0 Å². The molecule has 0 aromatic heterocycles. The van der Waals surface area contributed by atoms with Crippen molar-refractivity contribution in [1.82, 2.24) is 0 Å². The van der Waals surface area contributed by atoms with Crippen molar-refractivity contribution < 1.29 is 4.74 Å². The number of hydrogen-bond acceptors (Lipinski definition) is 2. The molecule has 0 fully saturated rings. The Kier molecular flexibility index (Phi) is 5.29. The summed E-state index contributed by atoms with van der Waals surface area (Å²) in [6.07, 6.45) is 1.71. The Morgan fingerprint density at radius 3 is 2.80 bits per heavy atom. The molecule has 1 atom stereocenters. The van der Waals surface area contributed by atoms with Crippen LogP contribution in [0.5, 0.6) is 0 Å². The summed E-state index contributed by atoms with van der Waals surface area (Å²) in [5.41, 5.74) is 1.16. The van der Waals surface area contributed by atoms with Crippen molar-refractivity contribution in [2.75, 3.05) is 0 Å². The van der Waals surface area contributed by atoms with Crippen LogP contribution in [0.25, 0.3) is 0 Å². The molecule has 0 radical (unpaired) electrons. The second-order valence-electron chi connectivity index (χ2n) is 3.16. The molecule has 0 saturated heterocycles. The van der Waals surface area contributed by atoms with Crippen molar-refractivity contribution >= 4 is 22.1 Å². The van der Waals surface area contributed by atoms with E-state index in [-0.39, 0.29) is 6.10 Å².